The third-order valence-corrected chi connectivity index (χ3v) is 3.52. The van der Waals surface area contributed by atoms with Crippen LogP contribution in [0, 0.1) is 12.6 Å². The summed E-state index contributed by atoms with van der Waals surface area (Å²) in [7, 11) is 0. The van der Waals surface area contributed by atoms with Gasteiger partial charge in [0.15, 0.2) is 0 Å². The summed E-state index contributed by atoms with van der Waals surface area (Å²) in [6.07, 6.45) is 1.09. The van der Waals surface area contributed by atoms with E-state index in [1.807, 2.05) is 6.92 Å². The molecular weight excluding hydrogens is 236 g/mol. The van der Waals surface area contributed by atoms with E-state index in [-0.39, 0.29) is 11.8 Å². The van der Waals surface area contributed by atoms with Gasteiger partial charge in [0.05, 0.1) is 5.92 Å². The first-order chi connectivity index (χ1) is 9.08. The highest BCUT2D eigenvalue weighted by Gasteiger charge is 2.24. The van der Waals surface area contributed by atoms with Gasteiger partial charge < -0.3 is 4.90 Å². The number of hydrogen-bond acceptors (Lipinski definition) is 2. The van der Waals surface area contributed by atoms with Crippen molar-refractivity contribution in [2.45, 2.75) is 33.1 Å². The average molecular weight is 259 g/mol. The molecule has 0 bridgehead atoms. The number of benzene rings is 1. The van der Waals surface area contributed by atoms with Gasteiger partial charge in [-0.3, -0.25) is 10.1 Å². The van der Waals surface area contributed by atoms with Gasteiger partial charge in [0.2, 0.25) is 5.91 Å². The quantitative estimate of drug-likeness (QED) is 0.901. The summed E-state index contributed by atoms with van der Waals surface area (Å²) >= 11 is 0. The molecule has 1 N–H and O–H groups in total. The van der Waals surface area contributed by atoms with Crippen LogP contribution in [-0.4, -0.2) is 23.9 Å². The van der Waals surface area contributed by atoms with E-state index < -0.39 is 0 Å². The Morgan fingerprint density at radius 1 is 1.26 bits per heavy atom. The van der Waals surface area contributed by atoms with Crippen LogP contribution in [0.4, 0.5) is 0 Å². The normalized spacial score (nSPS) is 16.9. The van der Waals surface area contributed by atoms with Crippen LogP contribution in [0.2, 0.25) is 0 Å². The van der Waals surface area contributed by atoms with Gasteiger partial charge in [0.1, 0.15) is 6.67 Å². The molecule has 1 atom stereocenters. The fourth-order valence-corrected chi connectivity index (χ4v) is 2.40. The van der Waals surface area contributed by atoms with Gasteiger partial charge in [-0.2, -0.15) is 0 Å². The fraction of sp³-hybridized carbons (Fsp3) is 0.500. The molecule has 1 aromatic carbocycles. The third-order valence-electron chi connectivity index (χ3n) is 3.52. The lowest BCUT2D eigenvalue weighted by Crippen LogP contribution is -2.30. The maximum absolute atomic E-state index is 12.3. The molecule has 1 aliphatic heterocycles. The molecule has 103 valence electrons. The molecule has 2 rings (SSSR count). The third kappa shape index (κ3) is 3.57. The summed E-state index contributed by atoms with van der Waals surface area (Å²) in [5, 5.41) is 3.07. The standard InChI is InChI=1S/C16H23N2O/c1-12(2)10-14-4-6-15(7-5-14)13(3)16(19)18-9-8-17-11-18/h4-7,11-13,17H,8-10H2,1-3H3. The maximum Gasteiger partial charge on any atom is 0.231 e. The Labute approximate surface area is 116 Å². The average Bonchev–Trinajstić information content (AvgIpc) is 2.91. The van der Waals surface area contributed by atoms with Crippen molar-refractivity contribution in [3.63, 3.8) is 0 Å². The number of amides is 1. The molecule has 0 aliphatic carbocycles. The summed E-state index contributed by atoms with van der Waals surface area (Å²) in [5.41, 5.74) is 2.44. The van der Waals surface area contributed by atoms with Crippen molar-refractivity contribution in [2.24, 2.45) is 5.92 Å². The number of nitrogens with zero attached hydrogens (tertiary/aromatic N) is 1. The Kier molecular flexibility index (Phi) is 4.59. The number of carbonyl (C=O) groups excluding carboxylic acids is 1. The SMILES string of the molecule is CC(C)Cc1ccc(C(C)C(=O)N2[CH]NCC2)cc1. The summed E-state index contributed by atoms with van der Waals surface area (Å²) < 4.78 is 0. The molecule has 1 fully saturated rings. The van der Waals surface area contributed by atoms with Gasteiger partial charge in [-0.25, -0.2) is 0 Å². The minimum absolute atomic E-state index is 0.0794. The van der Waals surface area contributed by atoms with Crippen LogP contribution < -0.4 is 5.32 Å². The molecule has 1 amide bonds. The zero-order chi connectivity index (χ0) is 13.8. The van der Waals surface area contributed by atoms with Gasteiger partial charge in [0, 0.05) is 13.1 Å². The number of nitrogens with one attached hydrogen (secondary N) is 1. The first-order valence-electron chi connectivity index (χ1n) is 7.04. The lowest BCUT2D eigenvalue weighted by Gasteiger charge is -2.19. The van der Waals surface area contributed by atoms with Gasteiger partial charge in [-0.15, -0.1) is 0 Å². The lowest BCUT2D eigenvalue weighted by molar-refractivity contribution is -0.130. The predicted molar refractivity (Wildman–Crippen MR) is 77.4 cm³/mol. The minimum atomic E-state index is -0.0794. The van der Waals surface area contributed by atoms with Crippen molar-refractivity contribution in [3.8, 4) is 0 Å². The van der Waals surface area contributed by atoms with E-state index in [1.165, 1.54) is 5.56 Å². The Balaban J connectivity index is 2.02. The molecule has 0 saturated carbocycles. The van der Waals surface area contributed by atoms with Crippen LogP contribution in [0.5, 0.6) is 0 Å². The highest BCUT2D eigenvalue weighted by molar-refractivity contribution is 5.84. The first kappa shape index (κ1) is 14.1. The van der Waals surface area contributed by atoms with Gasteiger partial charge >= 0.3 is 0 Å². The van der Waals surface area contributed by atoms with Crippen molar-refractivity contribution in [1.29, 1.82) is 0 Å². The molecule has 0 aromatic heterocycles. The molecule has 1 saturated heterocycles. The number of carbonyl (C=O) groups is 1. The van der Waals surface area contributed by atoms with Crippen LogP contribution in [0.1, 0.15) is 37.8 Å². The second kappa shape index (κ2) is 6.20. The van der Waals surface area contributed by atoms with Crippen LogP contribution >= 0.6 is 0 Å². The molecule has 1 radical (unpaired) electrons. The molecule has 1 aromatic rings. The molecule has 3 heteroatoms. The highest BCUT2D eigenvalue weighted by atomic mass is 16.2. The van der Waals surface area contributed by atoms with Crippen LogP contribution in [0.25, 0.3) is 0 Å². The largest absolute Gasteiger partial charge is 0.322 e. The van der Waals surface area contributed by atoms with E-state index in [9.17, 15) is 4.79 Å². The second-order valence-corrected chi connectivity index (χ2v) is 5.68. The van der Waals surface area contributed by atoms with Crippen molar-refractivity contribution >= 4 is 5.91 Å². The van der Waals surface area contributed by atoms with Crippen LogP contribution in [0.3, 0.4) is 0 Å². The Bertz CT molecular complexity index is 419. The molecule has 1 unspecified atom stereocenters. The van der Waals surface area contributed by atoms with Crippen LogP contribution in [0.15, 0.2) is 24.3 Å². The zero-order valence-corrected chi connectivity index (χ0v) is 12.0. The zero-order valence-electron chi connectivity index (χ0n) is 12.0. The summed E-state index contributed by atoms with van der Waals surface area (Å²) in [6.45, 7) is 9.82. The van der Waals surface area contributed by atoms with Crippen molar-refractivity contribution in [1.82, 2.24) is 10.2 Å². The number of hydrogen-bond donors (Lipinski definition) is 1. The van der Waals surface area contributed by atoms with E-state index in [4.69, 9.17) is 0 Å². The van der Waals surface area contributed by atoms with E-state index >= 15 is 0 Å². The Morgan fingerprint density at radius 2 is 1.95 bits per heavy atom. The van der Waals surface area contributed by atoms with Crippen molar-refractivity contribution in [2.75, 3.05) is 13.1 Å². The second-order valence-electron chi connectivity index (χ2n) is 5.68. The molecule has 0 spiro atoms. The Morgan fingerprint density at radius 3 is 2.47 bits per heavy atom. The minimum Gasteiger partial charge on any atom is -0.322 e. The summed E-state index contributed by atoms with van der Waals surface area (Å²) in [4.78, 5) is 14.0. The maximum atomic E-state index is 12.3. The summed E-state index contributed by atoms with van der Waals surface area (Å²) in [6, 6.07) is 8.46. The summed E-state index contributed by atoms with van der Waals surface area (Å²) in [5.74, 6) is 0.751. The first-order valence-corrected chi connectivity index (χ1v) is 7.04. The lowest BCUT2D eigenvalue weighted by atomic mass is 9.96. The van der Waals surface area contributed by atoms with Crippen molar-refractivity contribution in [3.05, 3.63) is 42.1 Å². The molecule has 19 heavy (non-hydrogen) atoms. The smallest absolute Gasteiger partial charge is 0.231 e. The van der Waals surface area contributed by atoms with E-state index in [0.717, 1.165) is 25.1 Å². The van der Waals surface area contributed by atoms with E-state index in [2.05, 4.69) is 43.4 Å². The van der Waals surface area contributed by atoms with E-state index in [0.29, 0.717) is 5.92 Å². The van der Waals surface area contributed by atoms with Gasteiger partial charge in [-0.05, 0) is 30.4 Å². The predicted octanol–water partition coefficient (Wildman–Crippen LogP) is 2.54. The molecule has 3 nitrogen and oxygen atoms in total. The number of rotatable bonds is 4. The Hall–Kier alpha value is -1.35. The monoisotopic (exact) mass is 259 g/mol. The highest BCUT2D eigenvalue weighted by Crippen LogP contribution is 2.20. The van der Waals surface area contributed by atoms with Crippen molar-refractivity contribution < 1.29 is 4.79 Å². The van der Waals surface area contributed by atoms with Crippen LogP contribution in [-0.2, 0) is 11.2 Å². The molecular formula is C16H23N2O. The molecule has 1 heterocycles. The van der Waals surface area contributed by atoms with E-state index in [1.54, 1.807) is 11.6 Å². The molecule has 1 aliphatic rings. The topological polar surface area (TPSA) is 32.3 Å². The fourth-order valence-electron chi connectivity index (χ4n) is 2.40. The van der Waals surface area contributed by atoms with Gasteiger partial charge in [0.25, 0.3) is 0 Å². The van der Waals surface area contributed by atoms with Gasteiger partial charge in [-0.1, -0.05) is 38.1 Å².